The average molecular weight is 380 g/mol. The van der Waals surface area contributed by atoms with E-state index in [2.05, 4.69) is 15.5 Å². The van der Waals surface area contributed by atoms with Crippen molar-refractivity contribution in [1.29, 1.82) is 0 Å². The number of nitrogens with zero attached hydrogens (tertiary/aromatic N) is 1. The molecule has 0 saturated carbocycles. The van der Waals surface area contributed by atoms with Crippen LogP contribution in [-0.4, -0.2) is 48.4 Å². The predicted molar refractivity (Wildman–Crippen MR) is 111 cm³/mol. The second-order valence-electron chi connectivity index (χ2n) is 7.27. The maximum absolute atomic E-state index is 12.4. The van der Waals surface area contributed by atoms with E-state index in [0.29, 0.717) is 13.0 Å². The normalized spacial score (nSPS) is 16.3. The van der Waals surface area contributed by atoms with E-state index in [1.54, 1.807) is 0 Å². The summed E-state index contributed by atoms with van der Waals surface area (Å²) in [6.45, 7) is 1.92. The van der Waals surface area contributed by atoms with Gasteiger partial charge in [0.2, 0.25) is 11.8 Å². The molecular weight excluding hydrogens is 352 g/mol. The first kappa shape index (κ1) is 20.0. The van der Waals surface area contributed by atoms with Crippen LogP contribution in [0.25, 0.3) is 0 Å². The molecule has 3 rings (SSSR count). The molecule has 1 aliphatic rings. The van der Waals surface area contributed by atoms with Gasteiger partial charge in [0, 0.05) is 24.8 Å². The van der Waals surface area contributed by atoms with Crippen LogP contribution >= 0.6 is 0 Å². The molecule has 2 amide bonds. The van der Waals surface area contributed by atoms with Gasteiger partial charge in [-0.25, -0.2) is 0 Å². The highest BCUT2D eigenvalue weighted by Gasteiger charge is 2.24. The minimum absolute atomic E-state index is 0.0152. The molecule has 1 heterocycles. The fraction of sp³-hybridized carbons (Fsp3) is 0.364. The molecule has 0 radical (unpaired) electrons. The monoisotopic (exact) mass is 380 g/mol. The first-order chi connectivity index (χ1) is 13.6. The van der Waals surface area contributed by atoms with E-state index in [4.69, 9.17) is 5.73 Å². The minimum atomic E-state index is -0.544. The molecule has 2 aromatic rings. The molecule has 0 aliphatic carbocycles. The van der Waals surface area contributed by atoms with Crippen molar-refractivity contribution < 1.29 is 9.59 Å². The van der Waals surface area contributed by atoms with Crippen LogP contribution in [0.15, 0.2) is 60.7 Å². The van der Waals surface area contributed by atoms with Crippen LogP contribution in [0.4, 0.5) is 5.69 Å². The van der Waals surface area contributed by atoms with Crippen LogP contribution in [0.1, 0.15) is 18.4 Å². The van der Waals surface area contributed by atoms with Crippen LogP contribution in [0.2, 0.25) is 0 Å². The van der Waals surface area contributed by atoms with Crippen molar-refractivity contribution >= 4 is 17.5 Å². The zero-order chi connectivity index (χ0) is 19.8. The highest BCUT2D eigenvalue weighted by molar-refractivity contribution is 5.92. The van der Waals surface area contributed by atoms with Crippen molar-refractivity contribution in [3.8, 4) is 0 Å². The Labute approximate surface area is 166 Å². The van der Waals surface area contributed by atoms with Crippen molar-refractivity contribution in [2.45, 2.75) is 31.3 Å². The van der Waals surface area contributed by atoms with Gasteiger partial charge in [0.05, 0.1) is 12.6 Å². The van der Waals surface area contributed by atoms with Crippen LogP contribution in [0.3, 0.4) is 0 Å². The fourth-order valence-electron chi connectivity index (χ4n) is 3.43. The Balaban J connectivity index is 1.37. The fourth-order valence-corrected chi connectivity index (χ4v) is 3.43. The molecule has 148 valence electrons. The largest absolute Gasteiger partial charge is 0.352 e. The Morgan fingerprint density at radius 2 is 1.61 bits per heavy atom. The van der Waals surface area contributed by atoms with Gasteiger partial charge in [-0.2, -0.15) is 0 Å². The summed E-state index contributed by atoms with van der Waals surface area (Å²) in [5.74, 6) is -0.123. The lowest BCUT2D eigenvalue weighted by Crippen LogP contribution is -2.51. The lowest BCUT2D eigenvalue weighted by molar-refractivity contribution is -0.123. The van der Waals surface area contributed by atoms with E-state index in [1.165, 1.54) is 0 Å². The van der Waals surface area contributed by atoms with E-state index < -0.39 is 6.04 Å². The number of rotatable bonds is 7. The third-order valence-corrected chi connectivity index (χ3v) is 4.99. The third kappa shape index (κ3) is 6.18. The summed E-state index contributed by atoms with van der Waals surface area (Å²) >= 11 is 0. The average Bonchev–Trinajstić information content (AvgIpc) is 2.71. The molecule has 1 unspecified atom stereocenters. The van der Waals surface area contributed by atoms with E-state index >= 15 is 0 Å². The first-order valence-corrected chi connectivity index (χ1v) is 9.77. The van der Waals surface area contributed by atoms with E-state index in [-0.39, 0.29) is 17.9 Å². The SMILES string of the molecule is NC(Cc1ccccc1)C(=O)NC1CCN(CC(=O)Nc2ccccc2)CC1. The Morgan fingerprint density at radius 3 is 2.25 bits per heavy atom. The number of carbonyl (C=O) groups is 2. The van der Waals surface area contributed by atoms with Crippen molar-refractivity contribution in [1.82, 2.24) is 10.2 Å². The molecule has 6 nitrogen and oxygen atoms in total. The Morgan fingerprint density at radius 1 is 1.00 bits per heavy atom. The summed E-state index contributed by atoms with van der Waals surface area (Å²) < 4.78 is 0. The van der Waals surface area contributed by atoms with Gasteiger partial charge in [-0.1, -0.05) is 48.5 Å². The number of nitrogens with one attached hydrogen (secondary N) is 2. The molecular formula is C22H28N4O2. The summed E-state index contributed by atoms with van der Waals surface area (Å²) in [5, 5.41) is 5.97. The van der Waals surface area contributed by atoms with Gasteiger partial charge in [0.1, 0.15) is 0 Å². The first-order valence-electron chi connectivity index (χ1n) is 9.77. The molecule has 1 aliphatic heterocycles. The highest BCUT2D eigenvalue weighted by atomic mass is 16.2. The predicted octanol–water partition coefficient (Wildman–Crippen LogP) is 1.78. The molecule has 0 aromatic heterocycles. The smallest absolute Gasteiger partial charge is 0.238 e. The van der Waals surface area contributed by atoms with Crippen molar-refractivity contribution in [2.75, 3.05) is 25.0 Å². The van der Waals surface area contributed by atoms with Gasteiger partial charge in [-0.3, -0.25) is 14.5 Å². The summed E-state index contributed by atoms with van der Waals surface area (Å²) in [6.07, 6.45) is 2.18. The number of amides is 2. The molecule has 6 heteroatoms. The minimum Gasteiger partial charge on any atom is -0.352 e. The third-order valence-electron chi connectivity index (χ3n) is 4.99. The molecule has 1 fully saturated rings. The lowest BCUT2D eigenvalue weighted by Gasteiger charge is -2.32. The maximum Gasteiger partial charge on any atom is 0.238 e. The topological polar surface area (TPSA) is 87.5 Å². The van der Waals surface area contributed by atoms with Crippen LogP contribution < -0.4 is 16.4 Å². The number of benzene rings is 2. The van der Waals surface area contributed by atoms with Gasteiger partial charge in [-0.15, -0.1) is 0 Å². The van der Waals surface area contributed by atoms with Crippen molar-refractivity contribution in [3.63, 3.8) is 0 Å². The summed E-state index contributed by atoms with van der Waals surface area (Å²) in [4.78, 5) is 26.6. The number of piperidine rings is 1. The lowest BCUT2D eigenvalue weighted by atomic mass is 10.0. The molecule has 0 bridgehead atoms. The Hall–Kier alpha value is -2.70. The number of anilines is 1. The van der Waals surface area contributed by atoms with Crippen molar-refractivity contribution in [2.24, 2.45) is 5.73 Å². The number of hydrogen-bond donors (Lipinski definition) is 3. The molecule has 2 aromatic carbocycles. The summed E-state index contributed by atoms with van der Waals surface area (Å²) in [5.41, 5.74) is 7.92. The summed E-state index contributed by atoms with van der Waals surface area (Å²) in [6, 6.07) is 18.8. The molecule has 28 heavy (non-hydrogen) atoms. The van der Waals surface area contributed by atoms with Gasteiger partial charge < -0.3 is 16.4 Å². The number of hydrogen-bond acceptors (Lipinski definition) is 4. The maximum atomic E-state index is 12.4. The molecule has 4 N–H and O–H groups in total. The number of likely N-dealkylation sites (tertiary alicyclic amines) is 1. The van der Waals surface area contributed by atoms with E-state index in [9.17, 15) is 9.59 Å². The van der Waals surface area contributed by atoms with Gasteiger partial charge in [-0.05, 0) is 37.0 Å². The van der Waals surface area contributed by atoms with E-state index in [1.807, 2.05) is 60.7 Å². The Kier molecular flexibility index (Phi) is 7.17. The molecule has 1 atom stereocenters. The van der Waals surface area contributed by atoms with Gasteiger partial charge in [0.25, 0.3) is 0 Å². The number of para-hydroxylation sites is 1. The van der Waals surface area contributed by atoms with Gasteiger partial charge >= 0.3 is 0 Å². The summed E-state index contributed by atoms with van der Waals surface area (Å²) in [7, 11) is 0. The number of nitrogens with two attached hydrogens (primary N) is 1. The standard InChI is InChI=1S/C22H28N4O2/c23-20(15-17-7-3-1-4-8-17)22(28)25-19-11-13-26(14-12-19)16-21(27)24-18-9-5-2-6-10-18/h1-10,19-20H,11-16,23H2,(H,24,27)(H,25,28). The second-order valence-corrected chi connectivity index (χ2v) is 7.27. The van der Waals surface area contributed by atoms with Crippen LogP contribution in [-0.2, 0) is 16.0 Å². The van der Waals surface area contributed by atoms with Crippen molar-refractivity contribution in [3.05, 3.63) is 66.2 Å². The van der Waals surface area contributed by atoms with Gasteiger partial charge in [0.15, 0.2) is 0 Å². The number of carbonyl (C=O) groups excluding carboxylic acids is 2. The highest BCUT2D eigenvalue weighted by Crippen LogP contribution is 2.12. The second kappa shape index (κ2) is 10.0. The van der Waals surface area contributed by atoms with E-state index in [0.717, 1.165) is 37.2 Å². The molecule has 1 saturated heterocycles. The van der Waals surface area contributed by atoms with Crippen LogP contribution in [0, 0.1) is 0 Å². The quantitative estimate of drug-likeness (QED) is 0.683. The Bertz CT molecular complexity index is 759. The zero-order valence-electron chi connectivity index (χ0n) is 16.0. The zero-order valence-corrected chi connectivity index (χ0v) is 16.0. The molecule has 0 spiro atoms. The van der Waals surface area contributed by atoms with Crippen LogP contribution in [0.5, 0.6) is 0 Å².